The second-order valence-corrected chi connectivity index (χ2v) is 5.98. The summed E-state index contributed by atoms with van der Waals surface area (Å²) < 4.78 is 7.49. The average molecular weight is 368 g/mol. The topological polar surface area (TPSA) is 56.1 Å². The fourth-order valence-corrected chi connectivity index (χ4v) is 2.62. The maximum absolute atomic E-state index is 12.1. The molecule has 1 amide bonds. The first-order valence-corrected chi connectivity index (χ1v) is 8.42. The zero-order valence-corrected chi connectivity index (χ0v) is 14.8. The Balaban J connectivity index is 1.60. The molecule has 0 aliphatic carbocycles. The van der Waals surface area contributed by atoms with Crippen LogP contribution < -0.4 is 10.1 Å². The van der Waals surface area contributed by atoms with Crippen LogP contribution in [0.4, 0.5) is 0 Å². The maximum Gasteiger partial charge on any atom is 0.258 e. The van der Waals surface area contributed by atoms with Crippen LogP contribution in [-0.2, 0) is 11.3 Å². The Morgan fingerprint density at radius 1 is 1.19 bits per heavy atom. The molecule has 132 valence electrons. The van der Waals surface area contributed by atoms with Crippen molar-refractivity contribution < 1.29 is 9.53 Å². The van der Waals surface area contributed by atoms with Gasteiger partial charge in [0.05, 0.1) is 12.0 Å². The molecule has 1 N–H and O–H groups in total. The first-order chi connectivity index (χ1) is 12.6. The molecule has 1 aromatic heterocycles. The van der Waals surface area contributed by atoms with Gasteiger partial charge in [0.2, 0.25) is 0 Å². The summed E-state index contributed by atoms with van der Waals surface area (Å²) in [5, 5.41) is 3.42. The largest absolute Gasteiger partial charge is 0.483 e. The van der Waals surface area contributed by atoms with Crippen LogP contribution >= 0.6 is 11.6 Å². The normalized spacial score (nSPS) is 10.3. The van der Waals surface area contributed by atoms with Crippen LogP contribution in [-0.4, -0.2) is 22.1 Å². The number of hydrogen-bond acceptors (Lipinski definition) is 3. The standard InChI is InChI=1S/C20H18ClN3O2/c1-15(24-11-10-22-14-24)17-7-3-5-9-19(17)26-13-20(25)23-12-16-6-2-4-8-18(16)21/h2-11,14H,1,12-13H2,(H,23,25). The van der Waals surface area contributed by atoms with E-state index in [9.17, 15) is 4.79 Å². The third-order valence-corrected chi connectivity index (χ3v) is 4.18. The number of nitrogens with zero attached hydrogens (tertiary/aromatic N) is 2. The molecule has 0 aliphatic heterocycles. The Kier molecular flexibility index (Phi) is 5.71. The van der Waals surface area contributed by atoms with E-state index in [2.05, 4.69) is 16.9 Å². The van der Waals surface area contributed by atoms with Crippen LogP contribution in [0.3, 0.4) is 0 Å². The van der Waals surface area contributed by atoms with Gasteiger partial charge in [-0.15, -0.1) is 0 Å². The van der Waals surface area contributed by atoms with Crippen LogP contribution in [0.15, 0.2) is 73.8 Å². The number of ether oxygens (including phenoxy) is 1. The van der Waals surface area contributed by atoms with Gasteiger partial charge in [0, 0.05) is 29.5 Å². The fourth-order valence-electron chi connectivity index (χ4n) is 2.42. The summed E-state index contributed by atoms with van der Waals surface area (Å²) in [4.78, 5) is 16.1. The summed E-state index contributed by atoms with van der Waals surface area (Å²) >= 11 is 6.09. The summed E-state index contributed by atoms with van der Waals surface area (Å²) in [6, 6.07) is 14.8. The molecule has 0 saturated heterocycles. The van der Waals surface area contributed by atoms with Crippen molar-refractivity contribution in [2.24, 2.45) is 0 Å². The number of imidazole rings is 1. The SMILES string of the molecule is C=C(c1ccccc1OCC(=O)NCc1ccccc1Cl)n1ccnc1. The van der Waals surface area contributed by atoms with Crippen molar-refractivity contribution in [1.29, 1.82) is 0 Å². The van der Waals surface area contributed by atoms with Crippen molar-refractivity contribution in [1.82, 2.24) is 14.9 Å². The lowest BCUT2D eigenvalue weighted by Crippen LogP contribution is -2.28. The van der Waals surface area contributed by atoms with Crippen LogP contribution in [0.25, 0.3) is 5.70 Å². The van der Waals surface area contributed by atoms with E-state index in [0.717, 1.165) is 16.8 Å². The quantitative estimate of drug-likeness (QED) is 0.692. The number of rotatable bonds is 7. The van der Waals surface area contributed by atoms with Gasteiger partial charge in [0.15, 0.2) is 6.61 Å². The highest BCUT2D eigenvalue weighted by Crippen LogP contribution is 2.25. The molecule has 3 aromatic rings. The first kappa shape index (κ1) is 17.8. The lowest BCUT2D eigenvalue weighted by molar-refractivity contribution is -0.123. The maximum atomic E-state index is 12.1. The molecule has 6 heteroatoms. The highest BCUT2D eigenvalue weighted by atomic mass is 35.5. The molecule has 26 heavy (non-hydrogen) atoms. The van der Waals surface area contributed by atoms with Gasteiger partial charge >= 0.3 is 0 Å². The van der Waals surface area contributed by atoms with E-state index in [1.54, 1.807) is 35.4 Å². The van der Waals surface area contributed by atoms with Crippen molar-refractivity contribution in [3.05, 3.63) is 90.0 Å². The fraction of sp³-hybridized carbons (Fsp3) is 0.100. The Hall–Kier alpha value is -3.05. The zero-order valence-electron chi connectivity index (χ0n) is 14.1. The number of halogens is 1. The van der Waals surface area contributed by atoms with Gasteiger partial charge in [-0.1, -0.05) is 48.5 Å². The van der Waals surface area contributed by atoms with Crippen LogP contribution in [0.5, 0.6) is 5.75 Å². The van der Waals surface area contributed by atoms with Gasteiger partial charge in [-0.05, 0) is 23.8 Å². The molecule has 1 heterocycles. The average Bonchev–Trinajstić information content (AvgIpc) is 3.20. The number of carbonyl (C=O) groups excluding carboxylic acids is 1. The summed E-state index contributed by atoms with van der Waals surface area (Å²) in [7, 11) is 0. The van der Waals surface area contributed by atoms with E-state index < -0.39 is 0 Å². The minimum atomic E-state index is -0.229. The molecule has 0 saturated carbocycles. The Morgan fingerprint density at radius 3 is 2.73 bits per heavy atom. The number of nitrogens with one attached hydrogen (secondary N) is 1. The van der Waals surface area contributed by atoms with Gasteiger partial charge in [-0.2, -0.15) is 0 Å². The van der Waals surface area contributed by atoms with Crippen molar-refractivity contribution in [2.75, 3.05) is 6.61 Å². The van der Waals surface area contributed by atoms with E-state index in [-0.39, 0.29) is 12.5 Å². The van der Waals surface area contributed by atoms with Gasteiger partial charge in [0.25, 0.3) is 5.91 Å². The second-order valence-electron chi connectivity index (χ2n) is 5.57. The summed E-state index contributed by atoms with van der Waals surface area (Å²) in [5.74, 6) is 0.354. The van der Waals surface area contributed by atoms with E-state index >= 15 is 0 Å². The van der Waals surface area contributed by atoms with Crippen LogP contribution in [0.2, 0.25) is 5.02 Å². The molecule has 2 aromatic carbocycles. The molecule has 0 unspecified atom stereocenters. The van der Waals surface area contributed by atoms with Gasteiger partial charge < -0.3 is 14.6 Å². The molecule has 3 rings (SSSR count). The zero-order chi connectivity index (χ0) is 18.4. The molecule has 0 atom stereocenters. The van der Waals surface area contributed by atoms with E-state index in [4.69, 9.17) is 16.3 Å². The number of para-hydroxylation sites is 1. The van der Waals surface area contributed by atoms with E-state index in [1.807, 2.05) is 36.4 Å². The van der Waals surface area contributed by atoms with Gasteiger partial charge in [-0.3, -0.25) is 4.79 Å². The predicted molar refractivity (Wildman–Crippen MR) is 102 cm³/mol. The lowest BCUT2D eigenvalue weighted by Gasteiger charge is -2.14. The van der Waals surface area contributed by atoms with Crippen LogP contribution in [0.1, 0.15) is 11.1 Å². The third-order valence-electron chi connectivity index (χ3n) is 3.81. The van der Waals surface area contributed by atoms with Crippen molar-refractivity contribution in [2.45, 2.75) is 6.54 Å². The smallest absolute Gasteiger partial charge is 0.258 e. The van der Waals surface area contributed by atoms with E-state index in [1.165, 1.54) is 0 Å². The molecule has 0 spiro atoms. The van der Waals surface area contributed by atoms with E-state index in [0.29, 0.717) is 17.3 Å². The Morgan fingerprint density at radius 2 is 1.96 bits per heavy atom. The molecular formula is C20H18ClN3O2. The molecule has 5 nitrogen and oxygen atoms in total. The molecule has 0 aliphatic rings. The predicted octanol–water partition coefficient (Wildman–Crippen LogP) is 3.75. The lowest BCUT2D eigenvalue weighted by atomic mass is 10.1. The first-order valence-electron chi connectivity index (χ1n) is 8.04. The van der Waals surface area contributed by atoms with Crippen LogP contribution in [0, 0.1) is 0 Å². The van der Waals surface area contributed by atoms with Gasteiger partial charge in [0.1, 0.15) is 5.75 Å². The van der Waals surface area contributed by atoms with Crippen molar-refractivity contribution in [3.63, 3.8) is 0 Å². The third kappa shape index (κ3) is 4.32. The summed E-state index contributed by atoms with van der Waals surface area (Å²) in [6.07, 6.45) is 5.14. The Labute approximate surface area is 156 Å². The number of benzene rings is 2. The second kappa shape index (κ2) is 8.36. The van der Waals surface area contributed by atoms with Crippen molar-refractivity contribution in [3.8, 4) is 5.75 Å². The summed E-state index contributed by atoms with van der Waals surface area (Å²) in [6.45, 7) is 4.32. The summed E-state index contributed by atoms with van der Waals surface area (Å²) in [5.41, 5.74) is 2.37. The minimum absolute atomic E-state index is 0.0985. The number of carbonyl (C=O) groups is 1. The number of hydrogen-bond donors (Lipinski definition) is 1. The molecular weight excluding hydrogens is 350 g/mol. The monoisotopic (exact) mass is 367 g/mol. The highest BCUT2D eigenvalue weighted by molar-refractivity contribution is 6.31. The highest BCUT2D eigenvalue weighted by Gasteiger charge is 2.10. The minimum Gasteiger partial charge on any atom is -0.483 e. The Bertz CT molecular complexity index is 907. The number of amides is 1. The van der Waals surface area contributed by atoms with Crippen molar-refractivity contribution >= 4 is 23.2 Å². The molecule has 0 radical (unpaired) electrons. The molecule has 0 fully saturated rings. The number of aromatic nitrogens is 2. The van der Waals surface area contributed by atoms with Gasteiger partial charge in [-0.25, -0.2) is 4.98 Å². The molecule has 0 bridgehead atoms.